The predicted molar refractivity (Wildman–Crippen MR) is 58.7 cm³/mol. The van der Waals surface area contributed by atoms with E-state index in [-0.39, 0.29) is 0 Å². The molecule has 0 aromatic carbocycles. The van der Waals surface area contributed by atoms with Gasteiger partial charge >= 0.3 is 0 Å². The third kappa shape index (κ3) is 2.20. The molecule has 0 bridgehead atoms. The molecule has 0 radical (unpaired) electrons. The van der Waals surface area contributed by atoms with Crippen LogP contribution in [0.5, 0.6) is 0 Å². The van der Waals surface area contributed by atoms with Crippen molar-refractivity contribution in [1.29, 1.82) is 0 Å². The van der Waals surface area contributed by atoms with Crippen molar-refractivity contribution in [1.82, 2.24) is 24.7 Å². The van der Waals surface area contributed by atoms with Crippen molar-refractivity contribution >= 4 is 15.9 Å². The van der Waals surface area contributed by atoms with Gasteiger partial charge in [-0.2, -0.15) is 0 Å². The van der Waals surface area contributed by atoms with E-state index in [4.69, 9.17) is 0 Å². The number of hydrogen-bond donors (Lipinski definition) is 0. The molecule has 0 unspecified atom stereocenters. The maximum absolute atomic E-state index is 4.30. The normalized spacial score (nSPS) is 10.9. The summed E-state index contributed by atoms with van der Waals surface area (Å²) in [4.78, 5) is 12.4. The van der Waals surface area contributed by atoms with Crippen molar-refractivity contribution in [3.05, 3.63) is 29.1 Å². The molecule has 0 saturated carbocycles. The molecule has 0 amide bonds. The van der Waals surface area contributed by atoms with Gasteiger partial charge in [-0.15, -0.1) is 5.10 Å². The lowest BCUT2D eigenvalue weighted by Crippen LogP contribution is -2.00. The molecule has 2 aromatic heterocycles. The van der Waals surface area contributed by atoms with Crippen molar-refractivity contribution in [2.24, 2.45) is 0 Å². The summed E-state index contributed by atoms with van der Waals surface area (Å²) in [5.41, 5.74) is 0. The molecule has 0 atom stereocenters. The van der Waals surface area contributed by atoms with Crippen LogP contribution in [0.15, 0.2) is 23.3 Å². The van der Waals surface area contributed by atoms with Crippen LogP contribution >= 0.6 is 15.9 Å². The van der Waals surface area contributed by atoms with Crippen LogP contribution in [0.4, 0.5) is 0 Å². The second kappa shape index (κ2) is 4.06. The third-order valence-corrected chi connectivity index (χ3v) is 2.28. The van der Waals surface area contributed by atoms with Crippen molar-refractivity contribution < 1.29 is 0 Å². The first kappa shape index (κ1) is 10.2. The van der Waals surface area contributed by atoms with Gasteiger partial charge in [0, 0.05) is 5.92 Å². The van der Waals surface area contributed by atoms with Crippen LogP contribution < -0.4 is 0 Å². The summed E-state index contributed by atoms with van der Waals surface area (Å²) >= 11 is 3.23. The molecule has 2 aromatic rings. The average molecular weight is 268 g/mol. The van der Waals surface area contributed by atoms with E-state index >= 15 is 0 Å². The van der Waals surface area contributed by atoms with Gasteiger partial charge in [0.05, 0.1) is 12.4 Å². The molecule has 0 aliphatic carbocycles. The van der Waals surface area contributed by atoms with Crippen molar-refractivity contribution in [2.45, 2.75) is 19.8 Å². The lowest BCUT2D eigenvalue weighted by molar-refractivity contribution is 0.744. The van der Waals surface area contributed by atoms with Gasteiger partial charge in [-0.1, -0.05) is 13.8 Å². The van der Waals surface area contributed by atoms with E-state index in [0.717, 1.165) is 5.82 Å². The Labute approximate surface area is 95.7 Å². The van der Waals surface area contributed by atoms with Gasteiger partial charge < -0.3 is 0 Å². The molecule has 0 aliphatic rings. The van der Waals surface area contributed by atoms with E-state index in [0.29, 0.717) is 16.3 Å². The fraction of sp³-hybridized carbons (Fsp3) is 0.333. The Hall–Kier alpha value is -1.30. The Bertz CT molecular complexity index is 448. The zero-order valence-electron chi connectivity index (χ0n) is 8.42. The SMILES string of the molecule is CC(C)c1ncn(-c2cnc(Br)cn2)n1. The van der Waals surface area contributed by atoms with Crippen molar-refractivity contribution in [2.75, 3.05) is 0 Å². The first-order chi connectivity index (χ1) is 7.16. The van der Waals surface area contributed by atoms with E-state index < -0.39 is 0 Å². The summed E-state index contributed by atoms with van der Waals surface area (Å²) in [7, 11) is 0. The molecular formula is C9H10BrN5. The molecule has 5 nitrogen and oxygen atoms in total. The minimum absolute atomic E-state index is 0.314. The van der Waals surface area contributed by atoms with E-state index in [1.165, 1.54) is 0 Å². The van der Waals surface area contributed by atoms with E-state index in [2.05, 4.69) is 36.0 Å². The van der Waals surface area contributed by atoms with Crippen LogP contribution in [0, 0.1) is 0 Å². The fourth-order valence-electron chi connectivity index (χ4n) is 1.07. The van der Waals surface area contributed by atoms with Crippen LogP contribution in [-0.4, -0.2) is 24.7 Å². The second-order valence-corrected chi connectivity index (χ2v) is 4.21. The smallest absolute Gasteiger partial charge is 0.173 e. The summed E-state index contributed by atoms with van der Waals surface area (Å²) in [6.45, 7) is 4.10. The van der Waals surface area contributed by atoms with E-state index in [9.17, 15) is 0 Å². The van der Waals surface area contributed by atoms with Gasteiger partial charge in [-0.3, -0.25) is 0 Å². The first-order valence-corrected chi connectivity index (χ1v) is 5.35. The molecule has 6 heteroatoms. The molecule has 78 valence electrons. The highest BCUT2D eigenvalue weighted by Gasteiger charge is 2.07. The van der Waals surface area contributed by atoms with E-state index in [1.807, 2.05) is 13.8 Å². The summed E-state index contributed by atoms with van der Waals surface area (Å²) < 4.78 is 2.32. The Morgan fingerprint density at radius 2 is 2.00 bits per heavy atom. The molecule has 15 heavy (non-hydrogen) atoms. The largest absolute Gasteiger partial charge is 0.244 e. The van der Waals surface area contributed by atoms with Gasteiger partial charge in [-0.05, 0) is 15.9 Å². The Morgan fingerprint density at radius 3 is 2.53 bits per heavy atom. The van der Waals surface area contributed by atoms with Crippen LogP contribution in [0.3, 0.4) is 0 Å². The number of hydrogen-bond acceptors (Lipinski definition) is 4. The maximum Gasteiger partial charge on any atom is 0.173 e. The van der Waals surface area contributed by atoms with Crippen LogP contribution in [-0.2, 0) is 0 Å². The molecular weight excluding hydrogens is 258 g/mol. The molecule has 0 spiro atoms. The van der Waals surface area contributed by atoms with Gasteiger partial charge in [0.25, 0.3) is 0 Å². The Balaban J connectivity index is 2.33. The number of halogens is 1. The zero-order chi connectivity index (χ0) is 10.8. The molecule has 0 saturated heterocycles. The van der Waals surface area contributed by atoms with Crippen molar-refractivity contribution in [3.63, 3.8) is 0 Å². The average Bonchev–Trinajstić information content (AvgIpc) is 2.68. The molecule has 0 aliphatic heterocycles. The van der Waals surface area contributed by atoms with Gasteiger partial charge in [-0.25, -0.2) is 19.6 Å². The highest BCUT2D eigenvalue weighted by atomic mass is 79.9. The number of rotatable bonds is 2. The van der Waals surface area contributed by atoms with Crippen LogP contribution in [0.2, 0.25) is 0 Å². The lowest BCUT2D eigenvalue weighted by atomic mass is 10.2. The molecule has 0 N–H and O–H groups in total. The van der Waals surface area contributed by atoms with Gasteiger partial charge in [0.1, 0.15) is 10.9 Å². The highest BCUT2D eigenvalue weighted by Crippen LogP contribution is 2.10. The van der Waals surface area contributed by atoms with Crippen LogP contribution in [0.1, 0.15) is 25.6 Å². The minimum Gasteiger partial charge on any atom is -0.244 e. The third-order valence-electron chi connectivity index (χ3n) is 1.87. The maximum atomic E-state index is 4.30. The Kier molecular flexibility index (Phi) is 2.77. The second-order valence-electron chi connectivity index (χ2n) is 3.40. The topological polar surface area (TPSA) is 56.5 Å². The predicted octanol–water partition coefficient (Wildman–Crippen LogP) is 1.94. The lowest BCUT2D eigenvalue weighted by Gasteiger charge is -1.98. The standard InChI is InChI=1S/C9H10BrN5/c1-6(2)9-13-5-15(14-9)8-4-11-7(10)3-12-8/h3-6H,1-2H3. The molecule has 2 heterocycles. The quantitative estimate of drug-likeness (QED) is 0.835. The van der Waals surface area contributed by atoms with Crippen molar-refractivity contribution in [3.8, 4) is 5.82 Å². The van der Waals surface area contributed by atoms with Crippen LogP contribution in [0.25, 0.3) is 5.82 Å². The first-order valence-electron chi connectivity index (χ1n) is 4.56. The van der Waals surface area contributed by atoms with E-state index in [1.54, 1.807) is 23.4 Å². The fourth-order valence-corrected chi connectivity index (χ4v) is 1.28. The minimum atomic E-state index is 0.314. The van der Waals surface area contributed by atoms with Gasteiger partial charge in [0.2, 0.25) is 0 Å². The summed E-state index contributed by atoms with van der Waals surface area (Å²) in [6, 6.07) is 0. The summed E-state index contributed by atoms with van der Waals surface area (Å²) in [6.07, 6.45) is 4.92. The van der Waals surface area contributed by atoms with Gasteiger partial charge in [0.15, 0.2) is 11.6 Å². The zero-order valence-corrected chi connectivity index (χ0v) is 10.0. The Morgan fingerprint density at radius 1 is 1.20 bits per heavy atom. The molecule has 0 fully saturated rings. The summed E-state index contributed by atoms with van der Waals surface area (Å²) in [5, 5.41) is 4.30. The molecule has 2 rings (SSSR count). The summed E-state index contributed by atoms with van der Waals surface area (Å²) in [5.74, 6) is 1.78. The number of nitrogens with zero attached hydrogens (tertiary/aromatic N) is 5. The monoisotopic (exact) mass is 267 g/mol. The highest BCUT2D eigenvalue weighted by molar-refractivity contribution is 9.10. The number of aromatic nitrogens is 5.